The summed E-state index contributed by atoms with van der Waals surface area (Å²) in [4.78, 5) is 29.4. The number of fused-ring (bicyclic) bond motifs is 2. The van der Waals surface area contributed by atoms with Gasteiger partial charge in [-0.05, 0) is 24.3 Å². The molecule has 4 rings (SSSR count). The molecule has 2 aromatic carbocycles. The van der Waals surface area contributed by atoms with Gasteiger partial charge in [-0.2, -0.15) is 4.99 Å². The standard InChI is InChI=1S/C19H14N2O4S/c1-21-16-14(24-2)8-5-9-15(16)26-19(21)20-17(22)12-10-11-6-3-4-7-13(11)25-18(12)23/h3-10H,1-2H3. The van der Waals surface area contributed by atoms with Crippen LogP contribution in [0.15, 0.2) is 62.7 Å². The average Bonchev–Trinajstić information content (AvgIpc) is 2.96. The molecule has 0 radical (unpaired) electrons. The second-order valence-corrected chi connectivity index (χ2v) is 6.66. The average molecular weight is 366 g/mol. The Labute approximate surface area is 151 Å². The summed E-state index contributed by atoms with van der Waals surface area (Å²) < 4.78 is 13.3. The quantitative estimate of drug-likeness (QED) is 0.511. The molecule has 26 heavy (non-hydrogen) atoms. The number of benzene rings is 2. The first kappa shape index (κ1) is 16.3. The molecule has 2 aromatic heterocycles. The van der Waals surface area contributed by atoms with E-state index in [0.29, 0.717) is 21.5 Å². The summed E-state index contributed by atoms with van der Waals surface area (Å²) in [5.74, 6) is 0.0611. The molecule has 130 valence electrons. The third kappa shape index (κ3) is 2.62. The van der Waals surface area contributed by atoms with Crippen molar-refractivity contribution in [1.82, 2.24) is 4.57 Å². The Morgan fingerprint density at radius 2 is 2.00 bits per heavy atom. The summed E-state index contributed by atoms with van der Waals surface area (Å²) in [6.45, 7) is 0. The van der Waals surface area contributed by atoms with Gasteiger partial charge in [-0.25, -0.2) is 4.79 Å². The molecule has 6 nitrogen and oxygen atoms in total. The van der Waals surface area contributed by atoms with Crippen LogP contribution in [-0.2, 0) is 7.05 Å². The van der Waals surface area contributed by atoms with Crippen molar-refractivity contribution in [3.8, 4) is 5.75 Å². The molecule has 4 aromatic rings. The van der Waals surface area contributed by atoms with Gasteiger partial charge >= 0.3 is 5.63 Å². The molecule has 1 amide bonds. The second kappa shape index (κ2) is 6.27. The van der Waals surface area contributed by atoms with Crippen LogP contribution >= 0.6 is 11.3 Å². The number of carbonyl (C=O) groups is 1. The van der Waals surface area contributed by atoms with E-state index in [0.717, 1.165) is 10.2 Å². The van der Waals surface area contributed by atoms with Crippen molar-refractivity contribution in [2.45, 2.75) is 0 Å². The molecule has 2 heterocycles. The molecule has 0 fully saturated rings. The van der Waals surface area contributed by atoms with E-state index in [1.807, 2.05) is 24.3 Å². The summed E-state index contributed by atoms with van der Waals surface area (Å²) in [5, 5.41) is 0.674. The van der Waals surface area contributed by atoms with Crippen LogP contribution in [0.25, 0.3) is 21.2 Å². The first-order chi connectivity index (χ1) is 12.6. The number of nitrogens with zero attached hydrogens (tertiary/aromatic N) is 2. The number of thiazole rings is 1. The Kier molecular flexibility index (Phi) is 3.93. The van der Waals surface area contributed by atoms with Gasteiger partial charge in [-0.15, -0.1) is 0 Å². The Bertz CT molecular complexity index is 1280. The molecule has 0 unspecified atom stereocenters. The first-order valence-electron chi connectivity index (χ1n) is 7.83. The SMILES string of the molecule is COc1cccc2sc(=NC(=O)c3cc4ccccc4oc3=O)n(C)c12. The zero-order chi connectivity index (χ0) is 18.3. The maximum atomic E-state index is 12.6. The van der Waals surface area contributed by atoms with Crippen molar-refractivity contribution in [2.75, 3.05) is 7.11 Å². The summed E-state index contributed by atoms with van der Waals surface area (Å²) in [7, 11) is 3.39. The number of amides is 1. The van der Waals surface area contributed by atoms with Gasteiger partial charge < -0.3 is 13.7 Å². The smallest absolute Gasteiger partial charge is 0.349 e. The maximum absolute atomic E-state index is 12.6. The molecule has 0 spiro atoms. The number of aryl methyl sites for hydroxylation is 1. The van der Waals surface area contributed by atoms with Crippen molar-refractivity contribution in [1.29, 1.82) is 0 Å². The van der Waals surface area contributed by atoms with Gasteiger partial charge in [0, 0.05) is 12.4 Å². The minimum absolute atomic E-state index is 0.0897. The lowest BCUT2D eigenvalue weighted by Crippen LogP contribution is -2.18. The molecule has 7 heteroatoms. The highest BCUT2D eigenvalue weighted by Crippen LogP contribution is 2.26. The van der Waals surface area contributed by atoms with E-state index in [9.17, 15) is 9.59 Å². The van der Waals surface area contributed by atoms with E-state index in [1.165, 1.54) is 17.4 Å². The van der Waals surface area contributed by atoms with Gasteiger partial charge in [0.2, 0.25) is 0 Å². The number of aromatic nitrogens is 1. The molecule has 0 aliphatic rings. The summed E-state index contributed by atoms with van der Waals surface area (Å²) in [6, 6.07) is 14.2. The lowest BCUT2D eigenvalue weighted by molar-refractivity contribution is 0.0994. The zero-order valence-corrected chi connectivity index (χ0v) is 14.9. The van der Waals surface area contributed by atoms with Crippen LogP contribution in [-0.4, -0.2) is 17.6 Å². The monoisotopic (exact) mass is 366 g/mol. The third-order valence-electron chi connectivity index (χ3n) is 4.07. The fourth-order valence-corrected chi connectivity index (χ4v) is 3.83. The molecule has 0 saturated carbocycles. The molecule has 0 aliphatic carbocycles. The minimum atomic E-state index is -0.696. The highest BCUT2D eigenvalue weighted by Gasteiger charge is 2.15. The molecule has 0 atom stereocenters. The Balaban J connectivity index is 1.88. The number of methoxy groups -OCH3 is 1. The van der Waals surface area contributed by atoms with E-state index < -0.39 is 11.5 Å². The number of hydrogen-bond donors (Lipinski definition) is 0. The van der Waals surface area contributed by atoms with Crippen LogP contribution in [0.4, 0.5) is 0 Å². The predicted octanol–water partition coefficient (Wildman–Crippen LogP) is 3.10. The normalized spacial score (nSPS) is 12.0. The number of ether oxygens (including phenoxy) is 1. The maximum Gasteiger partial charge on any atom is 0.349 e. The zero-order valence-electron chi connectivity index (χ0n) is 14.1. The Morgan fingerprint density at radius 3 is 2.81 bits per heavy atom. The van der Waals surface area contributed by atoms with Gasteiger partial charge in [0.25, 0.3) is 5.91 Å². The number of hydrogen-bond acceptors (Lipinski definition) is 5. The summed E-state index contributed by atoms with van der Waals surface area (Å²) in [6.07, 6.45) is 0. The second-order valence-electron chi connectivity index (χ2n) is 5.65. The van der Waals surface area contributed by atoms with Crippen LogP contribution in [0.3, 0.4) is 0 Å². The van der Waals surface area contributed by atoms with Crippen LogP contribution in [0, 0.1) is 0 Å². The highest BCUT2D eigenvalue weighted by atomic mass is 32.1. The lowest BCUT2D eigenvalue weighted by atomic mass is 10.2. The largest absolute Gasteiger partial charge is 0.495 e. The highest BCUT2D eigenvalue weighted by molar-refractivity contribution is 7.16. The predicted molar refractivity (Wildman–Crippen MR) is 99.7 cm³/mol. The van der Waals surface area contributed by atoms with Crippen molar-refractivity contribution in [3.05, 3.63) is 69.3 Å². The van der Waals surface area contributed by atoms with Gasteiger partial charge in [0.1, 0.15) is 22.4 Å². The fraction of sp³-hybridized carbons (Fsp3) is 0.105. The van der Waals surface area contributed by atoms with Crippen molar-refractivity contribution >= 4 is 38.4 Å². The van der Waals surface area contributed by atoms with E-state index in [4.69, 9.17) is 9.15 Å². The lowest BCUT2D eigenvalue weighted by Gasteiger charge is -2.03. The Morgan fingerprint density at radius 1 is 1.19 bits per heavy atom. The van der Waals surface area contributed by atoms with E-state index in [-0.39, 0.29) is 5.56 Å². The van der Waals surface area contributed by atoms with Crippen LogP contribution < -0.4 is 15.2 Å². The van der Waals surface area contributed by atoms with Crippen LogP contribution in [0.5, 0.6) is 5.75 Å². The van der Waals surface area contributed by atoms with E-state index in [1.54, 1.807) is 36.9 Å². The molecule has 0 N–H and O–H groups in total. The molecule has 0 aliphatic heterocycles. The van der Waals surface area contributed by atoms with Gasteiger partial charge in [0.05, 0.1) is 11.8 Å². The summed E-state index contributed by atoms with van der Waals surface area (Å²) in [5.41, 5.74) is 0.496. The number of para-hydroxylation sites is 2. The van der Waals surface area contributed by atoms with Crippen molar-refractivity contribution < 1.29 is 13.9 Å². The minimum Gasteiger partial charge on any atom is -0.495 e. The molecule has 0 saturated heterocycles. The van der Waals surface area contributed by atoms with E-state index in [2.05, 4.69) is 4.99 Å². The number of rotatable bonds is 2. The molecular weight excluding hydrogens is 352 g/mol. The van der Waals surface area contributed by atoms with Crippen LogP contribution in [0.2, 0.25) is 0 Å². The molecular formula is C19H14N2O4S. The third-order valence-corrected chi connectivity index (χ3v) is 5.17. The van der Waals surface area contributed by atoms with Crippen molar-refractivity contribution in [3.63, 3.8) is 0 Å². The van der Waals surface area contributed by atoms with Gasteiger partial charge in [-0.3, -0.25) is 4.79 Å². The van der Waals surface area contributed by atoms with Crippen molar-refractivity contribution in [2.24, 2.45) is 12.0 Å². The van der Waals surface area contributed by atoms with Gasteiger partial charge in [-0.1, -0.05) is 35.6 Å². The van der Waals surface area contributed by atoms with Crippen LogP contribution in [0.1, 0.15) is 10.4 Å². The molecule has 0 bridgehead atoms. The fourth-order valence-electron chi connectivity index (χ4n) is 2.80. The van der Waals surface area contributed by atoms with Gasteiger partial charge in [0.15, 0.2) is 4.80 Å². The number of carbonyl (C=O) groups excluding carboxylic acids is 1. The van der Waals surface area contributed by atoms with E-state index >= 15 is 0 Å². The topological polar surface area (TPSA) is 73.8 Å². The first-order valence-corrected chi connectivity index (χ1v) is 8.64. The Hall–Kier alpha value is -3.19. The summed E-state index contributed by atoms with van der Waals surface area (Å²) >= 11 is 1.35.